The van der Waals surface area contributed by atoms with E-state index >= 15 is 0 Å². The molecule has 1 atom stereocenters. The summed E-state index contributed by atoms with van der Waals surface area (Å²) < 4.78 is 0. The molecule has 17 heavy (non-hydrogen) atoms. The van der Waals surface area contributed by atoms with Crippen molar-refractivity contribution in [3.63, 3.8) is 0 Å². The number of hydrogen-bond donors (Lipinski definition) is 2. The molecule has 0 radical (unpaired) electrons. The molecule has 1 saturated carbocycles. The van der Waals surface area contributed by atoms with Gasteiger partial charge >= 0.3 is 5.97 Å². The van der Waals surface area contributed by atoms with E-state index in [2.05, 4.69) is 9.97 Å². The Hall–Kier alpha value is -1.85. The zero-order chi connectivity index (χ0) is 12.6. The minimum absolute atomic E-state index is 0.235. The van der Waals surface area contributed by atoms with E-state index in [0.29, 0.717) is 17.6 Å². The Morgan fingerprint density at radius 3 is 2.82 bits per heavy atom. The quantitative estimate of drug-likeness (QED) is 0.799. The van der Waals surface area contributed by atoms with Crippen LogP contribution in [-0.4, -0.2) is 34.1 Å². The van der Waals surface area contributed by atoms with Crippen molar-refractivity contribution in [3.05, 3.63) is 22.2 Å². The Bertz CT molecular complexity index is 493. The van der Waals surface area contributed by atoms with E-state index in [4.69, 9.17) is 5.11 Å². The molecule has 0 aromatic carbocycles. The number of aromatic nitrogens is 2. The summed E-state index contributed by atoms with van der Waals surface area (Å²) in [5, 5.41) is 8.92. The molecule has 6 nitrogen and oxygen atoms in total. The van der Waals surface area contributed by atoms with Crippen molar-refractivity contribution in [2.24, 2.45) is 0 Å². The van der Waals surface area contributed by atoms with Crippen LogP contribution in [0.25, 0.3) is 0 Å². The van der Waals surface area contributed by atoms with Crippen LogP contribution in [0.5, 0.6) is 0 Å². The van der Waals surface area contributed by atoms with E-state index in [0.717, 1.165) is 12.8 Å². The van der Waals surface area contributed by atoms with Crippen LogP contribution in [-0.2, 0) is 4.79 Å². The second-order valence-corrected chi connectivity index (χ2v) is 4.39. The average Bonchev–Trinajstić information content (AvgIpc) is 3.09. The highest BCUT2D eigenvalue weighted by atomic mass is 16.4. The second kappa shape index (κ2) is 4.20. The summed E-state index contributed by atoms with van der Waals surface area (Å²) in [5.41, 5.74) is -0.235. The number of H-pyrrole nitrogens is 1. The number of rotatable bonds is 4. The van der Waals surface area contributed by atoms with Crippen molar-refractivity contribution in [2.75, 3.05) is 11.9 Å². The largest absolute Gasteiger partial charge is 0.480 e. The third kappa shape index (κ3) is 2.46. The Morgan fingerprint density at radius 1 is 1.65 bits per heavy atom. The summed E-state index contributed by atoms with van der Waals surface area (Å²) in [6.07, 6.45) is 2.06. The molecule has 92 valence electrons. The average molecular weight is 237 g/mol. The van der Waals surface area contributed by atoms with E-state index < -0.39 is 12.0 Å². The van der Waals surface area contributed by atoms with Crippen LogP contribution in [0.4, 0.5) is 5.82 Å². The van der Waals surface area contributed by atoms with Gasteiger partial charge in [0.2, 0.25) is 0 Å². The smallest absolute Gasteiger partial charge is 0.326 e. The molecule has 0 spiro atoms. The number of nitrogens with one attached hydrogen (secondary N) is 1. The van der Waals surface area contributed by atoms with Crippen LogP contribution in [0.1, 0.15) is 31.5 Å². The number of carboxylic acid groups (broad SMARTS) is 1. The number of hydrogen-bond acceptors (Lipinski definition) is 4. The van der Waals surface area contributed by atoms with Gasteiger partial charge in [-0.1, -0.05) is 0 Å². The predicted octanol–water partition coefficient (Wildman–Crippen LogP) is 0.557. The number of anilines is 1. The molecule has 2 rings (SSSR count). The fraction of sp³-hybridized carbons (Fsp3) is 0.545. The fourth-order valence-corrected chi connectivity index (χ4v) is 1.56. The zero-order valence-corrected chi connectivity index (χ0v) is 9.80. The Labute approximate surface area is 98.3 Å². The van der Waals surface area contributed by atoms with E-state index in [1.54, 1.807) is 14.0 Å². The van der Waals surface area contributed by atoms with Crippen LogP contribution >= 0.6 is 0 Å². The molecular formula is C11H15N3O3. The minimum Gasteiger partial charge on any atom is -0.480 e. The topological polar surface area (TPSA) is 86.3 Å². The summed E-state index contributed by atoms with van der Waals surface area (Å²) >= 11 is 0. The van der Waals surface area contributed by atoms with E-state index in [-0.39, 0.29) is 5.56 Å². The number of aromatic amines is 1. The van der Waals surface area contributed by atoms with E-state index in [1.165, 1.54) is 11.0 Å². The van der Waals surface area contributed by atoms with Gasteiger partial charge in [-0.05, 0) is 19.8 Å². The van der Waals surface area contributed by atoms with Gasteiger partial charge in [0, 0.05) is 19.0 Å². The lowest BCUT2D eigenvalue weighted by Gasteiger charge is -2.22. The Morgan fingerprint density at radius 2 is 2.29 bits per heavy atom. The van der Waals surface area contributed by atoms with Gasteiger partial charge in [0.25, 0.3) is 5.56 Å². The summed E-state index contributed by atoms with van der Waals surface area (Å²) in [6, 6.07) is 0.613. The third-order valence-electron chi connectivity index (χ3n) is 3.01. The van der Waals surface area contributed by atoms with Crippen molar-refractivity contribution in [3.8, 4) is 0 Å². The first kappa shape index (κ1) is 11.6. The number of nitrogens with zero attached hydrogens (tertiary/aromatic N) is 2. The first-order valence-corrected chi connectivity index (χ1v) is 5.56. The number of carbonyl (C=O) groups is 1. The summed E-state index contributed by atoms with van der Waals surface area (Å²) in [7, 11) is 1.62. The van der Waals surface area contributed by atoms with Gasteiger partial charge in [0.1, 0.15) is 17.7 Å². The predicted molar refractivity (Wildman–Crippen MR) is 62.3 cm³/mol. The molecule has 0 amide bonds. The molecule has 6 heteroatoms. The maximum absolute atomic E-state index is 11.5. The SMILES string of the molecule is CC(C(=O)O)N(C)c1cc(=O)[nH]c(C2CC2)n1. The molecular weight excluding hydrogens is 222 g/mol. The van der Waals surface area contributed by atoms with Gasteiger partial charge in [-0.3, -0.25) is 4.79 Å². The molecule has 0 aliphatic heterocycles. The standard InChI is InChI=1S/C11H15N3O3/c1-6(11(16)17)14(2)8-5-9(15)13-10(12-8)7-3-4-7/h5-7H,3-4H2,1-2H3,(H,16,17)(H,12,13,15). The molecule has 1 fully saturated rings. The monoisotopic (exact) mass is 237 g/mol. The number of aliphatic carboxylic acids is 1. The molecule has 1 heterocycles. The highest BCUT2D eigenvalue weighted by Crippen LogP contribution is 2.37. The van der Waals surface area contributed by atoms with Crippen LogP contribution in [0, 0.1) is 0 Å². The lowest BCUT2D eigenvalue weighted by Crippen LogP contribution is -2.37. The molecule has 1 aromatic rings. The van der Waals surface area contributed by atoms with Crippen LogP contribution in [0.3, 0.4) is 0 Å². The fourth-order valence-electron chi connectivity index (χ4n) is 1.56. The molecule has 0 saturated heterocycles. The molecule has 2 N–H and O–H groups in total. The Kier molecular flexibility index (Phi) is 2.87. The summed E-state index contributed by atoms with van der Waals surface area (Å²) in [6.45, 7) is 1.56. The minimum atomic E-state index is -0.942. The van der Waals surface area contributed by atoms with Crippen molar-refractivity contribution in [2.45, 2.75) is 31.7 Å². The van der Waals surface area contributed by atoms with Gasteiger partial charge in [0.05, 0.1) is 0 Å². The second-order valence-electron chi connectivity index (χ2n) is 4.39. The lowest BCUT2D eigenvalue weighted by molar-refractivity contribution is -0.138. The van der Waals surface area contributed by atoms with Gasteiger partial charge < -0.3 is 15.0 Å². The van der Waals surface area contributed by atoms with Crippen molar-refractivity contribution in [1.82, 2.24) is 9.97 Å². The first-order chi connectivity index (χ1) is 7.99. The van der Waals surface area contributed by atoms with Crippen LogP contribution in [0.15, 0.2) is 10.9 Å². The molecule has 1 aromatic heterocycles. The van der Waals surface area contributed by atoms with Crippen LogP contribution in [0.2, 0.25) is 0 Å². The van der Waals surface area contributed by atoms with E-state index in [9.17, 15) is 9.59 Å². The maximum atomic E-state index is 11.5. The summed E-state index contributed by atoms with van der Waals surface area (Å²) in [5.74, 6) is 0.459. The highest BCUT2D eigenvalue weighted by Gasteiger charge is 2.27. The number of likely N-dealkylation sites (N-methyl/N-ethyl adjacent to an activating group) is 1. The van der Waals surface area contributed by atoms with Gasteiger partial charge in [-0.25, -0.2) is 9.78 Å². The molecule has 1 unspecified atom stereocenters. The normalized spacial score (nSPS) is 16.6. The number of carboxylic acids is 1. The summed E-state index contributed by atoms with van der Waals surface area (Å²) in [4.78, 5) is 30.8. The molecule has 1 aliphatic rings. The zero-order valence-electron chi connectivity index (χ0n) is 9.80. The van der Waals surface area contributed by atoms with Crippen molar-refractivity contribution in [1.29, 1.82) is 0 Å². The van der Waals surface area contributed by atoms with Gasteiger partial charge in [-0.2, -0.15) is 0 Å². The van der Waals surface area contributed by atoms with Crippen molar-refractivity contribution >= 4 is 11.8 Å². The maximum Gasteiger partial charge on any atom is 0.326 e. The van der Waals surface area contributed by atoms with E-state index in [1.807, 2.05) is 0 Å². The highest BCUT2D eigenvalue weighted by molar-refractivity contribution is 5.76. The first-order valence-electron chi connectivity index (χ1n) is 5.56. The Balaban J connectivity index is 2.31. The third-order valence-corrected chi connectivity index (χ3v) is 3.01. The molecule has 0 bridgehead atoms. The van der Waals surface area contributed by atoms with Gasteiger partial charge in [0.15, 0.2) is 0 Å². The van der Waals surface area contributed by atoms with Crippen LogP contribution < -0.4 is 10.5 Å². The van der Waals surface area contributed by atoms with Crippen molar-refractivity contribution < 1.29 is 9.90 Å². The van der Waals surface area contributed by atoms with Gasteiger partial charge in [-0.15, -0.1) is 0 Å². The molecule has 1 aliphatic carbocycles. The lowest BCUT2D eigenvalue weighted by atomic mass is 10.3.